The van der Waals surface area contributed by atoms with Crippen molar-refractivity contribution < 1.29 is 19.1 Å². The van der Waals surface area contributed by atoms with Crippen LogP contribution in [0.4, 0.5) is 4.79 Å². The molecular formula is C13H18N2O4. The summed E-state index contributed by atoms with van der Waals surface area (Å²) in [5.74, 6) is 0.168. The summed E-state index contributed by atoms with van der Waals surface area (Å²) in [6, 6.07) is 8.64. The highest BCUT2D eigenvalue weighted by atomic mass is 16.6. The third kappa shape index (κ3) is 7.05. The van der Waals surface area contributed by atoms with Crippen LogP contribution >= 0.6 is 0 Å². The van der Waals surface area contributed by atoms with Gasteiger partial charge in [-0.3, -0.25) is 4.79 Å². The largest absolute Gasteiger partial charge is 0.413 e. The van der Waals surface area contributed by atoms with Gasteiger partial charge in [0.1, 0.15) is 12.3 Å². The van der Waals surface area contributed by atoms with Crippen molar-refractivity contribution in [3.05, 3.63) is 30.3 Å². The van der Waals surface area contributed by atoms with E-state index in [2.05, 4.69) is 10.6 Å². The summed E-state index contributed by atoms with van der Waals surface area (Å²) in [5, 5.41) is 5.01. The van der Waals surface area contributed by atoms with E-state index in [1.165, 1.54) is 0 Å². The number of rotatable bonds is 7. The number of methoxy groups -OCH3 is 1. The average molecular weight is 266 g/mol. The van der Waals surface area contributed by atoms with Gasteiger partial charge < -0.3 is 20.1 Å². The van der Waals surface area contributed by atoms with Gasteiger partial charge in [-0.2, -0.15) is 0 Å². The lowest BCUT2D eigenvalue weighted by Gasteiger charge is -2.07. The van der Waals surface area contributed by atoms with Crippen molar-refractivity contribution in [2.75, 3.05) is 26.8 Å². The third-order valence-electron chi connectivity index (χ3n) is 2.19. The minimum atomic E-state index is -0.654. The van der Waals surface area contributed by atoms with E-state index in [0.717, 1.165) is 6.42 Å². The predicted octanol–water partition coefficient (Wildman–Crippen LogP) is 0.928. The van der Waals surface area contributed by atoms with Crippen molar-refractivity contribution in [2.24, 2.45) is 0 Å². The molecule has 1 rings (SSSR count). The zero-order valence-corrected chi connectivity index (χ0v) is 10.8. The van der Waals surface area contributed by atoms with Crippen LogP contribution in [0.15, 0.2) is 30.3 Å². The fourth-order valence-electron chi connectivity index (χ4n) is 1.29. The van der Waals surface area contributed by atoms with Gasteiger partial charge in [-0.15, -0.1) is 0 Å². The normalized spacial score (nSPS) is 9.74. The molecule has 0 saturated heterocycles. The van der Waals surface area contributed by atoms with Gasteiger partial charge in [0.05, 0.1) is 0 Å². The Labute approximate surface area is 112 Å². The van der Waals surface area contributed by atoms with Crippen molar-refractivity contribution in [1.29, 1.82) is 0 Å². The van der Waals surface area contributed by atoms with Crippen molar-refractivity contribution in [2.45, 2.75) is 6.42 Å². The summed E-state index contributed by atoms with van der Waals surface area (Å²) in [7, 11) is 1.60. The summed E-state index contributed by atoms with van der Waals surface area (Å²) in [6.45, 7) is 0.991. The molecule has 0 heterocycles. The first-order valence-electron chi connectivity index (χ1n) is 5.98. The highest BCUT2D eigenvalue weighted by Gasteiger charge is 2.06. The molecule has 1 aromatic rings. The van der Waals surface area contributed by atoms with Crippen molar-refractivity contribution >= 4 is 12.0 Å². The summed E-state index contributed by atoms with van der Waals surface area (Å²) >= 11 is 0. The maximum Gasteiger partial charge on any atom is 0.413 e. The lowest BCUT2D eigenvalue weighted by molar-refractivity contribution is -0.120. The van der Waals surface area contributed by atoms with Crippen molar-refractivity contribution in [3.8, 4) is 5.75 Å². The molecule has 0 spiro atoms. The number of carbonyl (C=O) groups is 2. The molecule has 104 valence electrons. The Hall–Kier alpha value is -2.08. The number of amides is 2. The number of hydrogen-bond acceptors (Lipinski definition) is 4. The minimum Gasteiger partial charge on any atom is -0.410 e. The molecule has 0 aliphatic heterocycles. The average Bonchev–Trinajstić information content (AvgIpc) is 2.42. The molecule has 0 atom stereocenters. The van der Waals surface area contributed by atoms with Gasteiger partial charge >= 0.3 is 6.09 Å². The SMILES string of the molecule is COCCCNC(=O)CNC(=O)Oc1ccccc1. The fraction of sp³-hybridized carbons (Fsp3) is 0.385. The van der Waals surface area contributed by atoms with Gasteiger partial charge in [0, 0.05) is 20.3 Å². The second kappa shape index (κ2) is 8.93. The predicted molar refractivity (Wildman–Crippen MR) is 70.0 cm³/mol. The summed E-state index contributed by atoms with van der Waals surface area (Å²) in [4.78, 5) is 22.7. The van der Waals surface area contributed by atoms with Crippen LogP contribution in [-0.2, 0) is 9.53 Å². The second-order valence-electron chi connectivity index (χ2n) is 3.75. The Kier molecular flexibility index (Phi) is 7.04. The van der Waals surface area contributed by atoms with E-state index in [0.29, 0.717) is 18.9 Å². The quantitative estimate of drug-likeness (QED) is 0.720. The number of hydrogen-bond donors (Lipinski definition) is 2. The first-order chi connectivity index (χ1) is 9.22. The number of benzene rings is 1. The van der Waals surface area contributed by atoms with E-state index in [4.69, 9.17) is 9.47 Å². The van der Waals surface area contributed by atoms with Crippen LogP contribution in [0.1, 0.15) is 6.42 Å². The number of carbonyl (C=O) groups excluding carboxylic acids is 2. The number of nitrogens with one attached hydrogen (secondary N) is 2. The van der Waals surface area contributed by atoms with Gasteiger partial charge in [0.2, 0.25) is 5.91 Å². The molecule has 0 aliphatic rings. The van der Waals surface area contributed by atoms with E-state index < -0.39 is 6.09 Å². The third-order valence-corrected chi connectivity index (χ3v) is 2.19. The second-order valence-corrected chi connectivity index (χ2v) is 3.75. The van der Waals surface area contributed by atoms with E-state index in [-0.39, 0.29) is 12.5 Å². The van der Waals surface area contributed by atoms with Gasteiger partial charge in [0.15, 0.2) is 0 Å². The molecule has 1 aromatic carbocycles. The molecule has 0 bridgehead atoms. The van der Waals surface area contributed by atoms with Crippen LogP contribution in [0.25, 0.3) is 0 Å². The monoisotopic (exact) mass is 266 g/mol. The highest BCUT2D eigenvalue weighted by Crippen LogP contribution is 2.07. The maximum absolute atomic E-state index is 11.4. The van der Waals surface area contributed by atoms with Crippen molar-refractivity contribution in [1.82, 2.24) is 10.6 Å². The smallest absolute Gasteiger partial charge is 0.410 e. The molecule has 0 aliphatic carbocycles. The summed E-state index contributed by atoms with van der Waals surface area (Å²) in [5.41, 5.74) is 0. The fourth-order valence-corrected chi connectivity index (χ4v) is 1.29. The van der Waals surface area contributed by atoms with Gasteiger partial charge in [-0.1, -0.05) is 18.2 Å². The molecule has 0 radical (unpaired) electrons. The van der Waals surface area contributed by atoms with E-state index in [1.54, 1.807) is 31.4 Å². The van der Waals surface area contributed by atoms with Crippen LogP contribution in [0.3, 0.4) is 0 Å². The molecule has 0 unspecified atom stereocenters. The Balaban J connectivity index is 2.14. The van der Waals surface area contributed by atoms with Gasteiger partial charge in [0.25, 0.3) is 0 Å². The Morgan fingerprint density at radius 1 is 1.16 bits per heavy atom. The minimum absolute atomic E-state index is 0.112. The molecular weight excluding hydrogens is 248 g/mol. The van der Waals surface area contributed by atoms with E-state index in [9.17, 15) is 9.59 Å². The maximum atomic E-state index is 11.4. The zero-order chi connectivity index (χ0) is 13.9. The van der Waals surface area contributed by atoms with Crippen molar-refractivity contribution in [3.63, 3.8) is 0 Å². The van der Waals surface area contributed by atoms with E-state index >= 15 is 0 Å². The number of para-hydroxylation sites is 1. The Morgan fingerprint density at radius 2 is 1.89 bits per heavy atom. The lowest BCUT2D eigenvalue weighted by Crippen LogP contribution is -2.38. The molecule has 19 heavy (non-hydrogen) atoms. The zero-order valence-electron chi connectivity index (χ0n) is 10.8. The molecule has 0 fully saturated rings. The lowest BCUT2D eigenvalue weighted by atomic mass is 10.3. The first-order valence-corrected chi connectivity index (χ1v) is 5.98. The van der Waals surface area contributed by atoms with Crippen LogP contribution in [-0.4, -0.2) is 38.8 Å². The van der Waals surface area contributed by atoms with Crippen LogP contribution in [0.2, 0.25) is 0 Å². The first kappa shape index (κ1) is 15.0. The van der Waals surface area contributed by atoms with Crippen LogP contribution < -0.4 is 15.4 Å². The Bertz CT molecular complexity index is 395. The van der Waals surface area contributed by atoms with Gasteiger partial charge in [-0.05, 0) is 18.6 Å². The molecule has 2 N–H and O–H groups in total. The molecule has 6 nitrogen and oxygen atoms in total. The van der Waals surface area contributed by atoms with Crippen LogP contribution in [0, 0.1) is 0 Å². The molecule has 0 aromatic heterocycles. The molecule has 2 amide bonds. The van der Waals surface area contributed by atoms with Crippen LogP contribution in [0.5, 0.6) is 5.75 Å². The highest BCUT2D eigenvalue weighted by molar-refractivity contribution is 5.82. The van der Waals surface area contributed by atoms with E-state index in [1.807, 2.05) is 6.07 Å². The summed E-state index contributed by atoms with van der Waals surface area (Å²) < 4.78 is 9.80. The molecule has 0 saturated carbocycles. The topological polar surface area (TPSA) is 76.7 Å². The standard InChI is InChI=1S/C13H18N2O4/c1-18-9-5-8-14-12(16)10-15-13(17)19-11-6-3-2-4-7-11/h2-4,6-7H,5,8-10H2,1H3,(H,14,16)(H,15,17). The Morgan fingerprint density at radius 3 is 2.58 bits per heavy atom. The summed E-state index contributed by atoms with van der Waals surface area (Å²) in [6.07, 6.45) is 0.0784. The molecule has 6 heteroatoms. The van der Waals surface area contributed by atoms with Gasteiger partial charge in [-0.25, -0.2) is 4.79 Å². The number of ether oxygens (including phenoxy) is 2.